The van der Waals surface area contributed by atoms with Crippen molar-refractivity contribution < 1.29 is 18.0 Å². The summed E-state index contributed by atoms with van der Waals surface area (Å²) >= 11 is 0. The summed E-state index contributed by atoms with van der Waals surface area (Å²) in [5.74, 6) is -0.0772. The van der Waals surface area contributed by atoms with Gasteiger partial charge in [0.25, 0.3) is 15.9 Å². The standard InChI is InChI=1S/C21H23N3O4S/c1-15(25)24-13-10-17-14-19(8-9-20(17)24)29(27,28)22-18-6-4-16(5-7-18)21(26)23-11-2-3-12-23/h4-9,14,22H,2-3,10-13H2,1H3. The van der Waals surface area contributed by atoms with Gasteiger partial charge in [-0.2, -0.15) is 0 Å². The van der Waals surface area contributed by atoms with Crippen molar-refractivity contribution >= 4 is 33.2 Å². The Hall–Kier alpha value is -2.87. The van der Waals surface area contributed by atoms with E-state index in [0.717, 1.165) is 37.2 Å². The molecule has 1 saturated heterocycles. The Morgan fingerprint density at radius 3 is 2.31 bits per heavy atom. The number of sulfonamides is 1. The molecule has 0 spiro atoms. The molecule has 2 heterocycles. The van der Waals surface area contributed by atoms with E-state index in [9.17, 15) is 18.0 Å². The van der Waals surface area contributed by atoms with E-state index in [2.05, 4.69) is 4.72 Å². The number of benzene rings is 2. The van der Waals surface area contributed by atoms with Crippen LogP contribution >= 0.6 is 0 Å². The molecule has 2 aromatic carbocycles. The molecule has 0 atom stereocenters. The van der Waals surface area contributed by atoms with Crippen LogP contribution in [0, 0.1) is 0 Å². The van der Waals surface area contributed by atoms with Crippen LogP contribution in [0.4, 0.5) is 11.4 Å². The summed E-state index contributed by atoms with van der Waals surface area (Å²) in [5, 5.41) is 0. The topological polar surface area (TPSA) is 86.8 Å². The van der Waals surface area contributed by atoms with Crippen LogP contribution in [0.2, 0.25) is 0 Å². The largest absolute Gasteiger partial charge is 0.339 e. The van der Waals surface area contributed by atoms with Gasteiger partial charge >= 0.3 is 0 Å². The number of carbonyl (C=O) groups excluding carboxylic acids is 2. The van der Waals surface area contributed by atoms with E-state index in [1.165, 1.54) is 13.0 Å². The number of rotatable bonds is 4. The Morgan fingerprint density at radius 1 is 0.966 bits per heavy atom. The SMILES string of the molecule is CC(=O)N1CCc2cc(S(=O)(=O)Nc3ccc(C(=O)N4CCCC4)cc3)ccc21. The minimum atomic E-state index is -3.77. The van der Waals surface area contributed by atoms with Crippen molar-refractivity contribution in [3.05, 3.63) is 53.6 Å². The molecule has 2 aromatic rings. The van der Waals surface area contributed by atoms with Gasteiger partial charge in [0.2, 0.25) is 5.91 Å². The zero-order chi connectivity index (χ0) is 20.6. The number of amides is 2. The zero-order valence-electron chi connectivity index (χ0n) is 16.2. The maximum absolute atomic E-state index is 12.8. The van der Waals surface area contributed by atoms with Gasteiger partial charge in [0, 0.05) is 43.5 Å². The molecule has 1 N–H and O–H groups in total. The van der Waals surface area contributed by atoms with E-state index in [-0.39, 0.29) is 16.7 Å². The van der Waals surface area contributed by atoms with Crippen LogP contribution in [0.25, 0.3) is 0 Å². The Kier molecular flexibility index (Phi) is 5.04. The van der Waals surface area contributed by atoms with Crippen molar-refractivity contribution in [1.82, 2.24) is 4.90 Å². The maximum atomic E-state index is 12.8. The number of anilines is 2. The first kappa shape index (κ1) is 19.4. The molecule has 0 saturated carbocycles. The van der Waals surface area contributed by atoms with Crippen molar-refractivity contribution in [2.75, 3.05) is 29.3 Å². The molecule has 0 radical (unpaired) electrons. The normalized spacial score (nSPS) is 16.0. The first-order chi connectivity index (χ1) is 13.8. The molecule has 2 amide bonds. The molecule has 7 nitrogen and oxygen atoms in total. The first-order valence-corrected chi connectivity index (χ1v) is 11.2. The van der Waals surface area contributed by atoms with Gasteiger partial charge in [-0.15, -0.1) is 0 Å². The van der Waals surface area contributed by atoms with E-state index < -0.39 is 10.0 Å². The third kappa shape index (κ3) is 3.85. The molecule has 0 unspecified atom stereocenters. The molecule has 1 fully saturated rings. The quantitative estimate of drug-likeness (QED) is 0.835. The molecule has 0 bridgehead atoms. The van der Waals surface area contributed by atoms with E-state index in [1.807, 2.05) is 4.90 Å². The van der Waals surface area contributed by atoms with Crippen molar-refractivity contribution in [2.45, 2.75) is 31.1 Å². The lowest BCUT2D eigenvalue weighted by Gasteiger charge is -2.16. The molecule has 29 heavy (non-hydrogen) atoms. The highest BCUT2D eigenvalue weighted by Gasteiger charge is 2.25. The van der Waals surface area contributed by atoms with E-state index in [1.54, 1.807) is 41.3 Å². The number of likely N-dealkylation sites (tertiary alicyclic amines) is 1. The summed E-state index contributed by atoms with van der Waals surface area (Å²) in [5.41, 5.74) is 2.56. The minimum absolute atomic E-state index is 0.0226. The van der Waals surface area contributed by atoms with E-state index in [4.69, 9.17) is 0 Å². The van der Waals surface area contributed by atoms with Gasteiger partial charge in [0.1, 0.15) is 0 Å². The third-order valence-corrected chi connectivity index (χ3v) is 6.79. The predicted molar refractivity (Wildman–Crippen MR) is 111 cm³/mol. The number of fused-ring (bicyclic) bond motifs is 1. The Morgan fingerprint density at radius 2 is 1.66 bits per heavy atom. The average molecular weight is 413 g/mol. The number of nitrogens with one attached hydrogen (secondary N) is 1. The second-order valence-electron chi connectivity index (χ2n) is 7.39. The van der Waals surface area contributed by atoms with Crippen molar-refractivity contribution in [3.63, 3.8) is 0 Å². The zero-order valence-corrected chi connectivity index (χ0v) is 17.0. The van der Waals surface area contributed by atoms with Gasteiger partial charge in [0.05, 0.1) is 4.90 Å². The van der Waals surface area contributed by atoms with Crippen molar-refractivity contribution in [2.24, 2.45) is 0 Å². The molecule has 8 heteroatoms. The highest BCUT2D eigenvalue weighted by atomic mass is 32.2. The molecule has 2 aliphatic rings. The summed E-state index contributed by atoms with van der Waals surface area (Å²) in [6, 6.07) is 11.3. The van der Waals surface area contributed by atoms with Crippen LogP contribution in [-0.2, 0) is 21.2 Å². The highest BCUT2D eigenvalue weighted by Crippen LogP contribution is 2.30. The lowest BCUT2D eigenvalue weighted by Crippen LogP contribution is -2.27. The summed E-state index contributed by atoms with van der Waals surface area (Å²) in [6.45, 7) is 3.60. The number of nitrogens with zero attached hydrogens (tertiary/aromatic N) is 2. The summed E-state index contributed by atoms with van der Waals surface area (Å²) in [7, 11) is -3.77. The summed E-state index contributed by atoms with van der Waals surface area (Å²) < 4.78 is 28.1. The molecular formula is C21H23N3O4S. The molecular weight excluding hydrogens is 390 g/mol. The van der Waals surface area contributed by atoms with Gasteiger partial charge in [0.15, 0.2) is 0 Å². The van der Waals surface area contributed by atoms with Crippen LogP contribution in [0.15, 0.2) is 47.4 Å². The van der Waals surface area contributed by atoms with Crippen LogP contribution in [0.3, 0.4) is 0 Å². The fourth-order valence-electron chi connectivity index (χ4n) is 3.87. The van der Waals surface area contributed by atoms with Crippen molar-refractivity contribution in [1.29, 1.82) is 0 Å². The Labute approximate surface area is 170 Å². The minimum Gasteiger partial charge on any atom is -0.339 e. The number of carbonyl (C=O) groups is 2. The number of hydrogen-bond donors (Lipinski definition) is 1. The smallest absolute Gasteiger partial charge is 0.261 e. The van der Waals surface area contributed by atoms with E-state index in [0.29, 0.717) is 24.2 Å². The lowest BCUT2D eigenvalue weighted by atomic mass is 10.2. The van der Waals surface area contributed by atoms with Gasteiger partial charge in [-0.1, -0.05) is 0 Å². The van der Waals surface area contributed by atoms with Gasteiger partial charge < -0.3 is 9.80 Å². The Bertz CT molecular complexity index is 1060. The fraction of sp³-hybridized carbons (Fsp3) is 0.333. The van der Waals surface area contributed by atoms with Crippen molar-refractivity contribution in [3.8, 4) is 0 Å². The molecule has 2 aliphatic heterocycles. The Balaban J connectivity index is 1.50. The third-order valence-electron chi connectivity index (χ3n) is 5.41. The second kappa shape index (κ2) is 7.51. The monoisotopic (exact) mass is 413 g/mol. The van der Waals surface area contributed by atoms with Crippen LogP contribution in [0.1, 0.15) is 35.7 Å². The molecule has 0 aromatic heterocycles. The fourth-order valence-corrected chi connectivity index (χ4v) is 4.98. The first-order valence-electron chi connectivity index (χ1n) is 9.68. The molecule has 0 aliphatic carbocycles. The summed E-state index contributed by atoms with van der Waals surface area (Å²) in [6.07, 6.45) is 2.68. The molecule has 152 valence electrons. The number of hydrogen-bond acceptors (Lipinski definition) is 4. The van der Waals surface area contributed by atoms with Crippen LogP contribution < -0.4 is 9.62 Å². The van der Waals surface area contributed by atoms with E-state index >= 15 is 0 Å². The van der Waals surface area contributed by atoms with Gasteiger partial charge in [-0.05, 0) is 67.3 Å². The lowest BCUT2D eigenvalue weighted by molar-refractivity contribution is -0.116. The van der Waals surface area contributed by atoms with Gasteiger partial charge in [-0.25, -0.2) is 8.42 Å². The average Bonchev–Trinajstić information content (AvgIpc) is 3.37. The maximum Gasteiger partial charge on any atom is 0.261 e. The van der Waals surface area contributed by atoms with Gasteiger partial charge in [-0.3, -0.25) is 14.3 Å². The molecule has 4 rings (SSSR count). The highest BCUT2D eigenvalue weighted by molar-refractivity contribution is 7.92. The van der Waals surface area contributed by atoms with Crippen LogP contribution in [-0.4, -0.2) is 44.8 Å². The van der Waals surface area contributed by atoms with Crippen LogP contribution in [0.5, 0.6) is 0 Å². The predicted octanol–water partition coefficient (Wildman–Crippen LogP) is 2.63. The summed E-state index contributed by atoms with van der Waals surface area (Å²) in [4.78, 5) is 27.7. The second-order valence-corrected chi connectivity index (χ2v) is 9.08.